The summed E-state index contributed by atoms with van der Waals surface area (Å²) in [6.07, 6.45) is 3.80. The van der Waals surface area contributed by atoms with Crippen molar-refractivity contribution in [2.24, 2.45) is 5.92 Å². The van der Waals surface area contributed by atoms with E-state index in [0.717, 1.165) is 31.2 Å². The summed E-state index contributed by atoms with van der Waals surface area (Å²) in [5.41, 5.74) is 1.02. The third-order valence-electron chi connectivity index (χ3n) is 3.60. The van der Waals surface area contributed by atoms with Gasteiger partial charge in [-0.05, 0) is 31.9 Å². The molecule has 1 unspecified atom stereocenters. The van der Waals surface area contributed by atoms with E-state index in [1.54, 1.807) is 24.3 Å². The highest BCUT2D eigenvalue weighted by Crippen LogP contribution is 2.34. The lowest BCUT2D eigenvalue weighted by atomic mass is 10.1. The summed E-state index contributed by atoms with van der Waals surface area (Å²) in [5.74, 6) is 0.00815. The second-order valence-corrected chi connectivity index (χ2v) is 6.97. The van der Waals surface area contributed by atoms with Crippen molar-refractivity contribution in [2.75, 3.05) is 0 Å². The van der Waals surface area contributed by atoms with Crippen molar-refractivity contribution in [3.63, 3.8) is 0 Å². The molecule has 1 aromatic carbocycles. The summed E-state index contributed by atoms with van der Waals surface area (Å²) in [5, 5.41) is -0.900. The van der Waals surface area contributed by atoms with Crippen LogP contribution in [0.1, 0.15) is 31.2 Å². The molecule has 0 bridgehead atoms. The number of hydrogen-bond acceptors (Lipinski definition) is 2. The molecule has 1 aliphatic rings. The molecule has 18 heavy (non-hydrogen) atoms. The molecule has 1 saturated carbocycles. The standard InChI is InChI=1S/C14H17NO2S/c1-11-7-9-13(10-8-11)18(16,17)14(15-2)12-5-3-4-6-12/h7-10,12,14H,3-6H2,1H3. The minimum Gasteiger partial charge on any atom is -0.296 e. The SMILES string of the molecule is [C-]#[N+]C(C1CCCC1)S(=O)(=O)c1ccc(C)cc1. The first-order chi connectivity index (χ1) is 8.55. The number of rotatable bonds is 3. The van der Waals surface area contributed by atoms with E-state index in [1.165, 1.54) is 0 Å². The lowest BCUT2D eigenvalue weighted by Gasteiger charge is -2.13. The maximum absolute atomic E-state index is 12.4. The van der Waals surface area contributed by atoms with Crippen LogP contribution in [0.15, 0.2) is 29.2 Å². The van der Waals surface area contributed by atoms with Gasteiger partial charge in [-0.1, -0.05) is 30.5 Å². The molecular formula is C14H17NO2S. The van der Waals surface area contributed by atoms with Crippen LogP contribution in [-0.4, -0.2) is 13.8 Å². The number of hydrogen-bond donors (Lipinski definition) is 0. The molecule has 1 atom stereocenters. The van der Waals surface area contributed by atoms with Gasteiger partial charge in [0.25, 0.3) is 9.84 Å². The second kappa shape index (κ2) is 5.11. The molecule has 0 aliphatic heterocycles. The Morgan fingerprint density at radius 3 is 2.28 bits per heavy atom. The van der Waals surface area contributed by atoms with Gasteiger partial charge < -0.3 is 0 Å². The van der Waals surface area contributed by atoms with E-state index < -0.39 is 15.2 Å². The van der Waals surface area contributed by atoms with Gasteiger partial charge in [-0.2, -0.15) is 0 Å². The van der Waals surface area contributed by atoms with Crippen molar-refractivity contribution in [1.82, 2.24) is 0 Å². The predicted molar refractivity (Wildman–Crippen MR) is 70.7 cm³/mol. The maximum atomic E-state index is 12.4. The largest absolute Gasteiger partial charge is 0.327 e. The van der Waals surface area contributed by atoms with Gasteiger partial charge in [-0.3, -0.25) is 4.85 Å². The molecule has 1 aliphatic carbocycles. The Morgan fingerprint density at radius 1 is 1.22 bits per heavy atom. The van der Waals surface area contributed by atoms with Gasteiger partial charge in [-0.15, -0.1) is 0 Å². The third-order valence-corrected chi connectivity index (χ3v) is 5.65. The number of sulfone groups is 1. The Balaban J connectivity index is 2.34. The molecule has 0 N–H and O–H groups in total. The van der Waals surface area contributed by atoms with E-state index in [9.17, 15) is 8.42 Å². The van der Waals surface area contributed by atoms with Crippen molar-refractivity contribution >= 4 is 9.84 Å². The molecule has 4 heteroatoms. The highest BCUT2D eigenvalue weighted by atomic mass is 32.2. The Morgan fingerprint density at radius 2 is 1.78 bits per heavy atom. The predicted octanol–water partition coefficient (Wildman–Crippen LogP) is 3.20. The fourth-order valence-corrected chi connectivity index (χ4v) is 4.25. The first kappa shape index (κ1) is 13.1. The smallest absolute Gasteiger partial charge is 0.296 e. The molecular weight excluding hydrogens is 246 g/mol. The Kier molecular flexibility index (Phi) is 3.72. The summed E-state index contributed by atoms with van der Waals surface area (Å²) in [6.45, 7) is 9.13. The molecule has 1 aromatic rings. The maximum Gasteiger partial charge on any atom is 0.327 e. The molecule has 96 valence electrons. The van der Waals surface area contributed by atoms with E-state index in [0.29, 0.717) is 0 Å². The molecule has 0 aromatic heterocycles. The van der Waals surface area contributed by atoms with Crippen LogP contribution in [0.5, 0.6) is 0 Å². The van der Waals surface area contributed by atoms with Gasteiger partial charge in [0.05, 0.1) is 4.90 Å². The Bertz CT molecular complexity index is 548. The van der Waals surface area contributed by atoms with Crippen LogP contribution in [0, 0.1) is 19.4 Å². The number of aryl methyl sites for hydroxylation is 1. The Hall–Kier alpha value is -1.34. The van der Waals surface area contributed by atoms with Gasteiger partial charge in [0.2, 0.25) is 0 Å². The van der Waals surface area contributed by atoms with Gasteiger partial charge in [0.1, 0.15) is 0 Å². The molecule has 3 nitrogen and oxygen atoms in total. The lowest BCUT2D eigenvalue weighted by molar-refractivity contribution is 0.520. The molecule has 0 amide bonds. The first-order valence-corrected chi connectivity index (χ1v) is 7.77. The molecule has 0 heterocycles. The monoisotopic (exact) mass is 263 g/mol. The topological polar surface area (TPSA) is 38.5 Å². The van der Waals surface area contributed by atoms with Crippen LogP contribution in [0.25, 0.3) is 4.85 Å². The highest BCUT2D eigenvalue weighted by molar-refractivity contribution is 7.92. The summed E-state index contributed by atoms with van der Waals surface area (Å²) >= 11 is 0. The quantitative estimate of drug-likeness (QED) is 0.785. The van der Waals surface area contributed by atoms with E-state index >= 15 is 0 Å². The minimum absolute atomic E-state index is 0.00815. The van der Waals surface area contributed by atoms with Crippen molar-refractivity contribution in [3.8, 4) is 0 Å². The molecule has 1 fully saturated rings. The lowest BCUT2D eigenvalue weighted by Crippen LogP contribution is -2.25. The molecule has 0 saturated heterocycles. The average Bonchev–Trinajstić information content (AvgIpc) is 2.84. The normalized spacial score (nSPS) is 18.4. The van der Waals surface area contributed by atoms with E-state index in [2.05, 4.69) is 4.85 Å². The van der Waals surface area contributed by atoms with Gasteiger partial charge in [-0.25, -0.2) is 15.0 Å². The van der Waals surface area contributed by atoms with Crippen LogP contribution in [0.3, 0.4) is 0 Å². The minimum atomic E-state index is -3.51. The second-order valence-electron chi connectivity index (χ2n) is 4.92. The van der Waals surface area contributed by atoms with E-state index in [4.69, 9.17) is 6.57 Å². The van der Waals surface area contributed by atoms with Crippen LogP contribution >= 0.6 is 0 Å². The number of nitrogens with zero attached hydrogens (tertiary/aromatic N) is 1. The van der Waals surface area contributed by atoms with Crippen LogP contribution in [0.2, 0.25) is 0 Å². The zero-order valence-electron chi connectivity index (χ0n) is 10.5. The highest BCUT2D eigenvalue weighted by Gasteiger charge is 2.41. The summed E-state index contributed by atoms with van der Waals surface area (Å²) in [7, 11) is -3.51. The van der Waals surface area contributed by atoms with Gasteiger partial charge in [0, 0.05) is 5.92 Å². The fraction of sp³-hybridized carbons (Fsp3) is 0.500. The van der Waals surface area contributed by atoms with Crippen LogP contribution in [-0.2, 0) is 9.84 Å². The molecule has 0 spiro atoms. The molecule has 2 rings (SSSR count). The van der Waals surface area contributed by atoms with E-state index in [1.807, 2.05) is 6.92 Å². The van der Waals surface area contributed by atoms with Gasteiger partial charge in [0.15, 0.2) is 0 Å². The Labute approximate surface area is 109 Å². The van der Waals surface area contributed by atoms with Crippen LogP contribution in [0.4, 0.5) is 0 Å². The first-order valence-electron chi connectivity index (χ1n) is 6.23. The zero-order valence-corrected chi connectivity index (χ0v) is 11.3. The van der Waals surface area contributed by atoms with Gasteiger partial charge >= 0.3 is 5.37 Å². The van der Waals surface area contributed by atoms with E-state index in [-0.39, 0.29) is 10.8 Å². The summed E-state index contributed by atoms with van der Waals surface area (Å²) in [4.78, 5) is 3.68. The number of benzene rings is 1. The summed E-state index contributed by atoms with van der Waals surface area (Å²) < 4.78 is 24.9. The fourth-order valence-electron chi connectivity index (χ4n) is 2.54. The van der Waals surface area contributed by atoms with Crippen molar-refractivity contribution in [2.45, 2.75) is 42.9 Å². The van der Waals surface area contributed by atoms with Crippen LogP contribution < -0.4 is 0 Å². The van der Waals surface area contributed by atoms with Crippen molar-refractivity contribution < 1.29 is 8.42 Å². The van der Waals surface area contributed by atoms with Crippen molar-refractivity contribution in [3.05, 3.63) is 41.2 Å². The average molecular weight is 263 g/mol. The third kappa shape index (κ3) is 2.41. The molecule has 0 radical (unpaired) electrons. The summed E-state index contributed by atoms with van der Waals surface area (Å²) in [6, 6.07) is 6.78. The van der Waals surface area contributed by atoms with Crippen molar-refractivity contribution in [1.29, 1.82) is 0 Å². The zero-order chi connectivity index (χ0) is 13.2.